The van der Waals surface area contributed by atoms with E-state index >= 15 is 0 Å². The van der Waals surface area contributed by atoms with Crippen molar-refractivity contribution in [3.63, 3.8) is 0 Å². The van der Waals surface area contributed by atoms with Gasteiger partial charge in [0.25, 0.3) is 0 Å². The van der Waals surface area contributed by atoms with Crippen LogP contribution in [0.4, 0.5) is 5.69 Å². The summed E-state index contributed by atoms with van der Waals surface area (Å²) in [5.41, 5.74) is 1.46. The monoisotopic (exact) mass is 485 g/mol. The zero-order valence-electron chi connectivity index (χ0n) is 15.3. The van der Waals surface area contributed by atoms with Gasteiger partial charge in [0.15, 0.2) is 0 Å². The summed E-state index contributed by atoms with van der Waals surface area (Å²) in [6.07, 6.45) is 0. The molecule has 1 aliphatic rings. The van der Waals surface area contributed by atoms with Crippen LogP contribution in [0, 0.1) is 0 Å². The molecule has 24 heavy (non-hydrogen) atoms. The molecule has 0 aliphatic carbocycles. The molecule has 8 heteroatoms. The molecule has 1 aromatic rings. The molecule has 0 amide bonds. The Balaban J connectivity index is 2.20. The van der Waals surface area contributed by atoms with Gasteiger partial charge in [-0.15, -0.1) is 0 Å². The molecule has 0 aromatic heterocycles. The lowest BCUT2D eigenvalue weighted by Crippen LogP contribution is -2.39. The fourth-order valence-electron chi connectivity index (χ4n) is 3.24. The van der Waals surface area contributed by atoms with Crippen molar-refractivity contribution < 1.29 is 0 Å². The van der Waals surface area contributed by atoms with E-state index < -0.39 is 50.2 Å². The number of halogens is 1. The molecule has 1 aliphatic heterocycles. The van der Waals surface area contributed by atoms with Crippen LogP contribution in [0.2, 0.25) is 26.4 Å². The van der Waals surface area contributed by atoms with E-state index in [1.807, 2.05) is 0 Å². The van der Waals surface area contributed by atoms with Crippen molar-refractivity contribution in [3.8, 4) is 0 Å². The molecule has 1 saturated heterocycles. The van der Waals surface area contributed by atoms with Crippen molar-refractivity contribution in [2.45, 2.75) is 47.2 Å². The summed E-state index contributed by atoms with van der Waals surface area (Å²) in [6, 6.07) is 11.2. The van der Waals surface area contributed by atoms with Gasteiger partial charge in [-0.25, -0.2) is 0 Å². The molecule has 0 bridgehead atoms. The van der Waals surface area contributed by atoms with E-state index in [4.69, 9.17) is 0 Å². The van der Waals surface area contributed by atoms with Gasteiger partial charge in [-0.2, -0.15) is 14.1 Å². The van der Waals surface area contributed by atoms with E-state index in [-0.39, 0.29) is 0 Å². The highest BCUT2D eigenvalue weighted by molar-refractivity contribution is 9.30. The predicted molar refractivity (Wildman–Crippen MR) is 127 cm³/mol. The van der Waals surface area contributed by atoms with Crippen LogP contribution in [0.1, 0.15) is 20.8 Å². The predicted octanol–water partition coefficient (Wildman–Crippen LogP) is 5.97. The van der Waals surface area contributed by atoms with E-state index in [1.165, 1.54) is 32.3 Å². The molecule has 1 fully saturated rings. The lowest BCUT2D eigenvalue weighted by atomic mass is 10.3. The van der Waals surface area contributed by atoms with Crippen molar-refractivity contribution in [1.82, 2.24) is 0 Å². The zero-order valence-corrected chi connectivity index (χ0v) is 23.1. The lowest BCUT2D eigenvalue weighted by molar-refractivity contribution is 1.03. The number of nitrogens with zero attached hydrogens (tertiary/aromatic N) is 1. The molecule has 0 spiro atoms. The first kappa shape index (κ1) is 22.6. The zero-order chi connectivity index (χ0) is 17.4. The van der Waals surface area contributed by atoms with Gasteiger partial charge in [0, 0.05) is 5.69 Å². The second-order valence-corrected chi connectivity index (χ2v) is 35.4. The second-order valence-electron chi connectivity index (χ2n) is 6.59. The average Bonchev–Trinajstić information content (AvgIpc) is 2.65. The maximum Gasteiger partial charge on any atom is 0.443 e. The van der Waals surface area contributed by atoms with Crippen molar-refractivity contribution >= 4 is 87.0 Å². The normalized spacial score (nSPS) is 17.9. The van der Waals surface area contributed by atoms with Crippen LogP contribution in [0.5, 0.6) is 0 Å². The van der Waals surface area contributed by atoms with Crippen LogP contribution in [-0.2, 0) is 0 Å². The summed E-state index contributed by atoms with van der Waals surface area (Å²) in [5, 5.41) is 10.4. The molecular formula is C16H28Al4BrNS2. The van der Waals surface area contributed by atoms with Crippen LogP contribution in [0.3, 0.4) is 0 Å². The Morgan fingerprint density at radius 2 is 1.46 bits per heavy atom. The minimum atomic E-state index is -0.863. The van der Waals surface area contributed by atoms with Gasteiger partial charge >= 0.3 is 50.2 Å². The van der Waals surface area contributed by atoms with Crippen LogP contribution >= 0.6 is 31.0 Å². The molecule has 1 aromatic carbocycles. The first-order chi connectivity index (χ1) is 11.7. The van der Waals surface area contributed by atoms with Crippen LogP contribution in [0.25, 0.3) is 0 Å². The standard InChI is InChI=1S/C8H9N.3C2H5.C2H4.4Al.BrH.2S/c1-9(2)8-6-4-3-5-7-8;4*1-2;;;;;;;/h3-7H,1-2H2;3*1H2,2H3;1-2H2;;;;;1H;;/q;;;;;;;;+1;;;/p-1. The Morgan fingerprint density at radius 1 is 0.875 bits per heavy atom. The van der Waals surface area contributed by atoms with E-state index in [2.05, 4.69) is 87.0 Å². The van der Waals surface area contributed by atoms with E-state index in [1.54, 1.807) is 10.6 Å². The Hall–Kier alpha value is 2.33. The topological polar surface area (TPSA) is 3.24 Å². The van der Waals surface area contributed by atoms with Crippen molar-refractivity contribution in [2.24, 2.45) is 0 Å². The summed E-state index contributed by atoms with van der Waals surface area (Å²) < 4.78 is 0. The van der Waals surface area contributed by atoms with Gasteiger partial charge in [-0.05, 0) is 22.9 Å². The third-order valence-electron chi connectivity index (χ3n) is 4.81. The number of anilines is 1. The maximum absolute atomic E-state index is 4.17. The van der Waals surface area contributed by atoms with Crippen LogP contribution in [-0.4, -0.2) is 61.1 Å². The molecule has 0 N–H and O–H groups in total. The van der Waals surface area contributed by atoms with Crippen molar-refractivity contribution in [3.05, 3.63) is 30.3 Å². The number of rotatable bonds is 4. The van der Waals surface area contributed by atoms with Gasteiger partial charge < -0.3 is 21.9 Å². The molecule has 0 unspecified atom stereocenters. The minimum absolute atomic E-state index is 0.545. The lowest BCUT2D eigenvalue weighted by Gasteiger charge is -2.29. The number of hydrogen-bond acceptors (Lipinski definition) is 3. The summed E-state index contributed by atoms with van der Waals surface area (Å²) in [4.78, 5) is 2.76. The summed E-state index contributed by atoms with van der Waals surface area (Å²) >= 11 is 1.50. The average molecular weight is 486 g/mol. The Bertz CT molecular complexity index is 471. The van der Waals surface area contributed by atoms with E-state index in [0.29, 0.717) is 0 Å². The first-order valence-corrected chi connectivity index (χ1v) is 25.8. The Kier molecular flexibility index (Phi) is 12.0. The Morgan fingerprint density at radius 3 is 2.04 bits per heavy atom. The molecule has 2 rings (SSSR count). The van der Waals surface area contributed by atoms with Gasteiger partial charge in [0.05, 0.1) is 0 Å². The highest BCUT2D eigenvalue weighted by Crippen LogP contribution is 2.31. The number of para-hydroxylation sites is 1. The molecule has 0 atom stereocenters. The quantitative estimate of drug-likeness (QED) is 0.483. The van der Waals surface area contributed by atoms with Gasteiger partial charge in [0.2, 0.25) is 0 Å². The fourth-order valence-corrected chi connectivity index (χ4v) is 47.8. The van der Waals surface area contributed by atoms with Crippen LogP contribution in [0.15, 0.2) is 30.3 Å². The molecule has 1 nitrogen and oxygen atoms in total. The summed E-state index contributed by atoms with van der Waals surface area (Å²) in [6.45, 7) is 7.37. The largest absolute Gasteiger partial charge is 0.443 e. The molecule has 128 valence electrons. The molecule has 1 heterocycles. The van der Waals surface area contributed by atoms with Crippen molar-refractivity contribution in [2.75, 3.05) is 15.7 Å². The highest BCUT2D eigenvalue weighted by atomic mass is 79.9. The number of hydrogen-bond donors (Lipinski definition) is 0. The summed E-state index contributed by atoms with van der Waals surface area (Å²) in [7, 11) is 5.01. The minimum Gasteiger partial charge on any atom is -0.395 e. The van der Waals surface area contributed by atoms with Gasteiger partial charge in [-0.3, -0.25) is 0 Å². The van der Waals surface area contributed by atoms with Gasteiger partial charge in [-0.1, -0.05) is 65.4 Å². The van der Waals surface area contributed by atoms with E-state index in [0.717, 1.165) is 0 Å². The maximum atomic E-state index is 4.17. The fraction of sp³-hybridized carbons (Fsp3) is 0.625. The van der Waals surface area contributed by atoms with Gasteiger partial charge in [0.1, 0.15) is 0 Å². The smallest absolute Gasteiger partial charge is 0.395 e. The highest BCUT2D eigenvalue weighted by Gasteiger charge is 2.33. The molecular weight excluding hydrogens is 458 g/mol. The third-order valence-corrected chi connectivity index (χ3v) is 42.6. The van der Waals surface area contributed by atoms with Crippen LogP contribution < -0.4 is 4.90 Å². The summed E-state index contributed by atoms with van der Waals surface area (Å²) in [5.74, 6) is 0. The third kappa shape index (κ3) is 7.75. The van der Waals surface area contributed by atoms with E-state index in [9.17, 15) is 0 Å². The Labute approximate surface area is 178 Å². The van der Waals surface area contributed by atoms with Crippen molar-refractivity contribution in [1.29, 1.82) is 0 Å². The SMILES string of the molecule is C[CH2][Al]1[CH2][CH2][Al]([CH2]C)[S][Al]([CH2]C)[CH2]N(c2ccccc2)[CH2][Al]([Br])[S]1. The second kappa shape index (κ2) is 12.7. The molecule has 0 saturated carbocycles. The number of benzene rings is 1. The molecule has 0 radical (unpaired) electrons. The first-order valence-electron chi connectivity index (χ1n) is 9.41.